The average Bonchev–Trinajstić information content (AvgIpc) is 2.58. The van der Waals surface area contributed by atoms with Gasteiger partial charge in [-0.3, -0.25) is 0 Å². The molecule has 0 spiro atoms. The second-order valence-corrected chi connectivity index (χ2v) is 6.04. The standard InChI is InChI=1S/C17H17F4N5O/c1-9(2)13(8-27)24-16-25-14(17(19,20)21)6-15(26-16)23-12-5-3-4-11(18)10(12)7-22/h3-6,9,13,27H,8H2,1-2H3,(H2,23,24,25,26)/t13-/m0/s1. The van der Waals surface area contributed by atoms with E-state index in [-0.39, 0.29) is 35.5 Å². The molecule has 1 aromatic carbocycles. The van der Waals surface area contributed by atoms with E-state index in [9.17, 15) is 22.7 Å². The van der Waals surface area contributed by atoms with Crippen LogP contribution < -0.4 is 10.6 Å². The summed E-state index contributed by atoms with van der Waals surface area (Å²) in [5, 5.41) is 23.6. The summed E-state index contributed by atoms with van der Waals surface area (Å²) < 4.78 is 53.2. The first-order valence-corrected chi connectivity index (χ1v) is 7.95. The van der Waals surface area contributed by atoms with Crippen LogP contribution in [0.4, 0.5) is 35.0 Å². The second-order valence-electron chi connectivity index (χ2n) is 6.04. The van der Waals surface area contributed by atoms with E-state index in [0.29, 0.717) is 6.07 Å². The first-order valence-electron chi connectivity index (χ1n) is 7.95. The molecular weight excluding hydrogens is 366 g/mol. The third-order valence-electron chi connectivity index (χ3n) is 3.72. The fraction of sp³-hybridized carbons (Fsp3) is 0.353. The minimum atomic E-state index is -4.75. The van der Waals surface area contributed by atoms with E-state index in [1.54, 1.807) is 19.9 Å². The third-order valence-corrected chi connectivity index (χ3v) is 3.72. The van der Waals surface area contributed by atoms with Crippen molar-refractivity contribution < 1.29 is 22.7 Å². The van der Waals surface area contributed by atoms with Gasteiger partial charge in [0.15, 0.2) is 5.69 Å². The molecule has 27 heavy (non-hydrogen) atoms. The summed E-state index contributed by atoms with van der Waals surface area (Å²) in [5.74, 6) is -1.54. The van der Waals surface area contributed by atoms with Gasteiger partial charge in [0, 0.05) is 6.07 Å². The maximum absolute atomic E-state index is 13.7. The molecule has 0 unspecified atom stereocenters. The van der Waals surface area contributed by atoms with Gasteiger partial charge in [-0.1, -0.05) is 19.9 Å². The van der Waals surface area contributed by atoms with Crippen LogP contribution in [0.5, 0.6) is 0 Å². The normalized spacial score (nSPS) is 12.6. The molecule has 6 nitrogen and oxygen atoms in total. The van der Waals surface area contributed by atoms with Crippen LogP contribution in [0, 0.1) is 23.1 Å². The summed E-state index contributed by atoms with van der Waals surface area (Å²) in [5.41, 5.74) is -1.61. The van der Waals surface area contributed by atoms with Crippen LogP contribution in [0.3, 0.4) is 0 Å². The van der Waals surface area contributed by atoms with Gasteiger partial charge in [-0.2, -0.15) is 23.4 Å². The SMILES string of the molecule is CC(C)[C@H](CO)Nc1nc(Nc2cccc(F)c2C#N)cc(C(F)(F)F)n1. The lowest BCUT2D eigenvalue weighted by Crippen LogP contribution is -2.30. The third kappa shape index (κ3) is 5.04. The Morgan fingerprint density at radius 2 is 1.96 bits per heavy atom. The van der Waals surface area contributed by atoms with Gasteiger partial charge in [-0.05, 0) is 18.1 Å². The van der Waals surface area contributed by atoms with Crippen molar-refractivity contribution in [3.63, 3.8) is 0 Å². The molecule has 0 aliphatic carbocycles. The zero-order valence-electron chi connectivity index (χ0n) is 14.5. The van der Waals surface area contributed by atoms with E-state index in [2.05, 4.69) is 20.6 Å². The van der Waals surface area contributed by atoms with Crippen molar-refractivity contribution in [2.24, 2.45) is 5.92 Å². The topological polar surface area (TPSA) is 93.9 Å². The molecule has 2 rings (SSSR count). The van der Waals surface area contributed by atoms with E-state index in [1.807, 2.05) is 0 Å². The molecule has 3 N–H and O–H groups in total. The number of alkyl halides is 3. The summed E-state index contributed by atoms with van der Waals surface area (Å²) in [4.78, 5) is 7.38. The molecule has 0 aliphatic rings. The van der Waals surface area contributed by atoms with E-state index in [1.165, 1.54) is 12.1 Å². The van der Waals surface area contributed by atoms with Gasteiger partial charge >= 0.3 is 6.18 Å². The van der Waals surface area contributed by atoms with E-state index < -0.39 is 23.7 Å². The Balaban J connectivity index is 2.46. The summed E-state index contributed by atoms with van der Waals surface area (Å²) in [6.07, 6.45) is -4.75. The molecule has 0 radical (unpaired) electrons. The minimum Gasteiger partial charge on any atom is -0.394 e. The monoisotopic (exact) mass is 383 g/mol. The lowest BCUT2D eigenvalue weighted by molar-refractivity contribution is -0.141. The summed E-state index contributed by atoms with van der Waals surface area (Å²) in [6.45, 7) is 3.21. The predicted octanol–water partition coefficient (Wildman–Crippen LogP) is 3.68. The maximum atomic E-state index is 13.7. The molecule has 0 aliphatic heterocycles. The highest BCUT2D eigenvalue weighted by molar-refractivity contribution is 5.65. The Morgan fingerprint density at radius 1 is 1.26 bits per heavy atom. The van der Waals surface area contributed by atoms with Gasteiger partial charge in [0.2, 0.25) is 5.95 Å². The van der Waals surface area contributed by atoms with E-state index in [0.717, 1.165) is 6.07 Å². The number of rotatable bonds is 6. The molecule has 0 saturated heterocycles. The highest BCUT2D eigenvalue weighted by Crippen LogP contribution is 2.31. The van der Waals surface area contributed by atoms with Gasteiger partial charge in [-0.25, -0.2) is 9.37 Å². The predicted molar refractivity (Wildman–Crippen MR) is 90.8 cm³/mol. The molecule has 2 aromatic rings. The smallest absolute Gasteiger partial charge is 0.394 e. The number of nitrogens with zero attached hydrogens (tertiary/aromatic N) is 3. The largest absolute Gasteiger partial charge is 0.433 e. The minimum absolute atomic E-state index is 0.0298. The number of hydrogen-bond acceptors (Lipinski definition) is 6. The van der Waals surface area contributed by atoms with Gasteiger partial charge in [0.25, 0.3) is 0 Å². The summed E-state index contributed by atoms with van der Waals surface area (Å²) >= 11 is 0. The van der Waals surface area contributed by atoms with E-state index >= 15 is 0 Å². The molecule has 1 aromatic heterocycles. The molecule has 10 heteroatoms. The fourth-order valence-electron chi connectivity index (χ4n) is 2.19. The first kappa shape index (κ1) is 20.4. The molecule has 1 atom stereocenters. The number of anilines is 3. The zero-order chi connectivity index (χ0) is 20.2. The Kier molecular flexibility index (Phi) is 6.17. The molecular formula is C17H17F4N5O. The van der Waals surface area contributed by atoms with Crippen molar-refractivity contribution in [2.75, 3.05) is 17.2 Å². The van der Waals surface area contributed by atoms with Crippen LogP contribution in [0.2, 0.25) is 0 Å². The number of aromatic nitrogens is 2. The molecule has 0 bridgehead atoms. The van der Waals surface area contributed by atoms with Crippen LogP contribution in [0.15, 0.2) is 24.3 Å². The molecule has 0 amide bonds. The number of aliphatic hydroxyl groups is 1. The molecule has 1 heterocycles. The van der Waals surface area contributed by atoms with Crippen LogP contribution in [-0.4, -0.2) is 27.7 Å². The van der Waals surface area contributed by atoms with Crippen LogP contribution >= 0.6 is 0 Å². The fourth-order valence-corrected chi connectivity index (χ4v) is 2.19. The Hall–Kier alpha value is -2.93. The van der Waals surface area contributed by atoms with Gasteiger partial charge in [0.05, 0.1) is 18.3 Å². The Morgan fingerprint density at radius 3 is 2.52 bits per heavy atom. The number of nitriles is 1. The van der Waals surface area contributed by atoms with E-state index in [4.69, 9.17) is 5.26 Å². The van der Waals surface area contributed by atoms with Crippen LogP contribution in [-0.2, 0) is 6.18 Å². The van der Waals surface area contributed by atoms with Crippen molar-refractivity contribution in [3.05, 3.63) is 41.3 Å². The van der Waals surface area contributed by atoms with Crippen molar-refractivity contribution >= 4 is 17.5 Å². The van der Waals surface area contributed by atoms with Gasteiger partial charge in [-0.15, -0.1) is 0 Å². The van der Waals surface area contributed by atoms with Crippen LogP contribution in [0.25, 0.3) is 0 Å². The second kappa shape index (κ2) is 8.18. The Labute approximate surface area is 152 Å². The molecule has 0 fully saturated rings. The van der Waals surface area contributed by atoms with Crippen LogP contribution in [0.1, 0.15) is 25.1 Å². The van der Waals surface area contributed by atoms with Gasteiger partial charge in [0.1, 0.15) is 23.3 Å². The number of halogens is 4. The Bertz CT molecular complexity index is 848. The number of aliphatic hydroxyl groups excluding tert-OH is 1. The van der Waals surface area contributed by atoms with Crippen molar-refractivity contribution in [3.8, 4) is 6.07 Å². The van der Waals surface area contributed by atoms with Gasteiger partial charge < -0.3 is 15.7 Å². The zero-order valence-corrected chi connectivity index (χ0v) is 14.5. The summed E-state index contributed by atoms with van der Waals surface area (Å²) in [6, 6.07) is 5.45. The maximum Gasteiger partial charge on any atom is 0.433 e. The van der Waals surface area contributed by atoms with Crippen molar-refractivity contribution in [1.82, 2.24) is 9.97 Å². The number of nitrogens with one attached hydrogen (secondary N) is 2. The highest BCUT2D eigenvalue weighted by Gasteiger charge is 2.34. The first-order chi connectivity index (χ1) is 12.7. The van der Waals surface area contributed by atoms with Crippen molar-refractivity contribution in [1.29, 1.82) is 5.26 Å². The highest BCUT2D eigenvalue weighted by atomic mass is 19.4. The lowest BCUT2D eigenvalue weighted by atomic mass is 10.1. The number of benzene rings is 1. The average molecular weight is 383 g/mol. The number of hydrogen-bond donors (Lipinski definition) is 3. The summed E-state index contributed by atoms with van der Waals surface area (Å²) in [7, 11) is 0. The molecule has 144 valence electrons. The molecule has 0 saturated carbocycles. The van der Waals surface area contributed by atoms with Crippen molar-refractivity contribution in [2.45, 2.75) is 26.1 Å². The lowest BCUT2D eigenvalue weighted by Gasteiger charge is -2.21. The quantitative estimate of drug-likeness (QED) is 0.659.